The van der Waals surface area contributed by atoms with E-state index in [2.05, 4.69) is 15.3 Å². The molecule has 0 spiro atoms. The summed E-state index contributed by atoms with van der Waals surface area (Å²) in [6.07, 6.45) is 7.70. The minimum Gasteiger partial charge on any atom is -0.348 e. The van der Waals surface area contributed by atoms with Crippen molar-refractivity contribution < 1.29 is 4.79 Å². The van der Waals surface area contributed by atoms with Crippen LogP contribution in [0, 0.1) is 0 Å². The molecule has 1 aliphatic rings. The first-order chi connectivity index (χ1) is 12.8. The van der Waals surface area contributed by atoms with Crippen molar-refractivity contribution in [2.45, 2.75) is 18.9 Å². The third kappa shape index (κ3) is 2.56. The van der Waals surface area contributed by atoms with Gasteiger partial charge in [0.05, 0.1) is 5.52 Å². The third-order valence-corrected chi connectivity index (χ3v) is 4.54. The van der Waals surface area contributed by atoms with Crippen molar-refractivity contribution in [3.63, 3.8) is 0 Å². The summed E-state index contributed by atoms with van der Waals surface area (Å²) in [6.45, 7) is 0. The zero-order valence-electron chi connectivity index (χ0n) is 14.0. The molecule has 3 aromatic heterocycles. The first kappa shape index (κ1) is 14.9. The fraction of sp³-hybridized carbons (Fsp3) is 0.150. The molecular weight excluding hydrogens is 326 g/mol. The van der Waals surface area contributed by atoms with Crippen molar-refractivity contribution >= 4 is 11.4 Å². The number of pyridine rings is 1. The van der Waals surface area contributed by atoms with Crippen LogP contribution < -0.4 is 5.32 Å². The number of rotatable bonds is 4. The monoisotopic (exact) mass is 343 g/mol. The van der Waals surface area contributed by atoms with Gasteiger partial charge in [0, 0.05) is 24.1 Å². The lowest BCUT2D eigenvalue weighted by Gasteiger charge is -2.00. The number of imidazole rings is 2. The Morgan fingerprint density at radius 3 is 2.69 bits per heavy atom. The van der Waals surface area contributed by atoms with Gasteiger partial charge < -0.3 is 9.88 Å². The van der Waals surface area contributed by atoms with E-state index in [1.807, 2.05) is 69.9 Å². The predicted molar refractivity (Wildman–Crippen MR) is 98.2 cm³/mol. The largest absolute Gasteiger partial charge is 0.348 e. The highest BCUT2D eigenvalue weighted by atomic mass is 16.2. The molecule has 0 atom stereocenters. The van der Waals surface area contributed by atoms with Gasteiger partial charge >= 0.3 is 0 Å². The molecule has 0 saturated heterocycles. The highest BCUT2D eigenvalue weighted by molar-refractivity contribution is 6.00. The second-order valence-electron chi connectivity index (χ2n) is 6.49. The summed E-state index contributed by atoms with van der Waals surface area (Å²) in [5.41, 5.74) is 2.98. The van der Waals surface area contributed by atoms with Crippen molar-refractivity contribution in [2.75, 3.05) is 0 Å². The number of hydrogen-bond donors (Lipinski definition) is 1. The Morgan fingerprint density at radius 2 is 1.88 bits per heavy atom. The minimum absolute atomic E-state index is 0.120. The predicted octanol–water partition coefficient (Wildman–Crippen LogP) is 3.08. The average molecular weight is 343 g/mol. The molecule has 1 N–H and O–H groups in total. The van der Waals surface area contributed by atoms with Crippen LogP contribution >= 0.6 is 0 Å². The summed E-state index contributed by atoms with van der Waals surface area (Å²) in [7, 11) is 0. The topological polar surface area (TPSA) is 64.2 Å². The van der Waals surface area contributed by atoms with Gasteiger partial charge in [-0.2, -0.15) is 0 Å². The maximum Gasteiger partial charge on any atom is 0.272 e. The number of benzene rings is 1. The number of para-hydroxylation sites is 1. The highest BCUT2D eigenvalue weighted by Gasteiger charge is 2.27. The van der Waals surface area contributed by atoms with Gasteiger partial charge in [0.15, 0.2) is 11.5 Å². The number of nitrogens with zero attached hydrogens (tertiary/aromatic N) is 4. The molecule has 1 fully saturated rings. The molecule has 128 valence electrons. The van der Waals surface area contributed by atoms with Gasteiger partial charge in [-0.1, -0.05) is 24.3 Å². The van der Waals surface area contributed by atoms with Crippen LogP contribution in [0.5, 0.6) is 0 Å². The van der Waals surface area contributed by atoms with E-state index in [4.69, 9.17) is 0 Å². The third-order valence-electron chi connectivity index (χ3n) is 4.54. The Labute approximate surface area is 150 Å². The van der Waals surface area contributed by atoms with Crippen LogP contribution in [0.25, 0.3) is 22.7 Å². The van der Waals surface area contributed by atoms with Gasteiger partial charge in [0.25, 0.3) is 5.91 Å². The second-order valence-corrected chi connectivity index (χ2v) is 6.49. The number of aromatic nitrogens is 4. The number of amides is 1. The molecule has 6 heteroatoms. The fourth-order valence-corrected chi connectivity index (χ4v) is 3.05. The van der Waals surface area contributed by atoms with E-state index < -0.39 is 0 Å². The summed E-state index contributed by atoms with van der Waals surface area (Å²) >= 11 is 0. The maximum atomic E-state index is 12.6. The number of nitrogens with one attached hydrogen (secondary N) is 1. The zero-order chi connectivity index (χ0) is 17.5. The maximum absolute atomic E-state index is 12.6. The highest BCUT2D eigenvalue weighted by Crippen LogP contribution is 2.24. The van der Waals surface area contributed by atoms with E-state index in [1.165, 1.54) is 0 Å². The first-order valence-electron chi connectivity index (χ1n) is 8.67. The molecule has 6 nitrogen and oxygen atoms in total. The van der Waals surface area contributed by atoms with Crippen LogP contribution in [0.3, 0.4) is 0 Å². The molecule has 1 saturated carbocycles. The molecule has 1 aliphatic carbocycles. The number of fused-ring (bicyclic) bond motifs is 1. The SMILES string of the molecule is O=C(NC1CC1)c1nc(-c2cn(-c3ccccc3)cn2)n2ccccc12. The molecule has 0 aliphatic heterocycles. The van der Waals surface area contributed by atoms with E-state index >= 15 is 0 Å². The van der Waals surface area contributed by atoms with Crippen molar-refractivity contribution in [3.8, 4) is 17.2 Å². The standard InChI is InChI=1S/C20H17N5O/c26-20(22-14-9-10-14)18-17-8-4-5-11-25(17)19(23-18)16-12-24(13-21-16)15-6-2-1-3-7-15/h1-8,11-14H,9-10H2,(H,22,26). The van der Waals surface area contributed by atoms with Crippen molar-refractivity contribution in [3.05, 3.63) is 72.9 Å². The Morgan fingerprint density at radius 1 is 1.08 bits per heavy atom. The van der Waals surface area contributed by atoms with Gasteiger partial charge in [0.1, 0.15) is 12.0 Å². The van der Waals surface area contributed by atoms with Crippen molar-refractivity contribution in [1.82, 2.24) is 24.3 Å². The number of carbonyl (C=O) groups is 1. The van der Waals surface area contributed by atoms with Gasteiger partial charge in [0.2, 0.25) is 0 Å². The van der Waals surface area contributed by atoms with E-state index in [-0.39, 0.29) is 5.91 Å². The average Bonchev–Trinajstić information content (AvgIpc) is 3.22. The number of carbonyl (C=O) groups excluding carboxylic acids is 1. The van der Waals surface area contributed by atoms with Crippen LogP contribution in [0.15, 0.2) is 67.3 Å². The molecule has 0 unspecified atom stereocenters. The van der Waals surface area contributed by atoms with E-state index in [1.54, 1.807) is 6.33 Å². The van der Waals surface area contributed by atoms with E-state index in [9.17, 15) is 4.79 Å². The molecule has 5 rings (SSSR count). The quantitative estimate of drug-likeness (QED) is 0.619. The second kappa shape index (κ2) is 5.84. The lowest BCUT2D eigenvalue weighted by Crippen LogP contribution is -2.25. The van der Waals surface area contributed by atoms with Gasteiger partial charge in [-0.05, 0) is 37.1 Å². The minimum atomic E-state index is -0.120. The van der Waals surface area contributed by atoms with E-state index in [0.29, 0.717) is 17.6 Å². The normalized spacial score (nSPS) is 13.8. The Hall–Kier alpha value is -3.41. The van der Waals surface area contributed by atoms with Gasteiger partial charge in [-0.3, -0.25) is 9.20 Å². The molecule has 1 amide bonds. The van der Waals surface area contributed by atoms with Crippen LogP contribution in [0.4, 0.5) is 0 Å². The molecular formula is C20H17N5O. The smallest absolute Gasteiger partial charge is 0.272 e. The zero-order valence-corrected chi connectivity index (χ0v) is 14.0. The Kier molecular flexibility index (Phi) is 3.35. The van der Waals surface area contributed by atoms with Crippen LogP contribution in [0.1, 0.15) is 23.3 Å². The lowest BCUT2D eigenvalue weighted by atomic mass is 10.3. The first-order valence-corrected chi connectivity index (χ1v) is 8.67. The molecule has 4 aromatic rings. The summed E-state index contributed by atoms with van der Waals surface area (Å²) in [5.74, 6) is 0.543. The molecule has 0 radical (unpaired) electrons. The van der Waals surface area contributed by atoms with Crippen LogP contribution in [0.2, 0.25) is 0 Å². The van der Waals surface area contributed by atoms with Crippen molar-refractivity contribution in [1.29, 1.82) is 0 Å². The molecule has 26 heavy (non-hydrogen) atoms. The van der Waals surface area contributed by atoms with E-state index in [0.717, 1.165) is 29.7 Å². The summed E-state index contributed by atoms with van der Waals surface area (Å²) in [6, 6.07) is 16.0. The number of hydrogen-bond acceptors (Lipinski definition) is 3. The van der Waals surface area contributed by atoms with Crippen LogP contribution in [-0.2, 0) is 0 Å². The summed E-state index contributed by atoms with van der Waals surface area (Å²) < 4.78 is 3.86. The molecule has 0 bridgehead atoms. The van der Waals surface area contributed by atoms with Crippen molar-refractivity contribution in [2.24, 2.45) is 0 Å². The molecule has 1 aromatic carbocycles. The Bertz CT molecular complexity index is 1090. The van der Waals surface area contributed by atoms with Gasteiger partial charge in [-0.15, -0.1) is 0 Å². The molecule has 3 heterocycles. The summed E-state index contributed by atoms with van der Waals surface area (Å²) in [5, 5.41) is 3.02. The lowest BCUT2D eigenvalue weighted by molar-refractivity contribution is 0.0948. The van der Waals surface area contributed by atoms with Crippen LogP contribution in [-0.4, -0.2) is 30.9 Å². The Balaban J connectivity index is 1.59. The van der Waals surface area contributed by atoms with Gasteiger partial charge in [-0.25, -0.2) is 9.97 Å². The summed E-state index contributed by atoms with van der Waals surface area (Å²) in [4.78, 5) is 21.7. The fourth-order valence-electron chi connectivity index (χ4n) is 3.05.